The molecule has 0 saturated heterocycles. The van der Waals surface area contributed by atoms with Gasteiger partial charge in [-0.25, -0.2) is 5.43 Å². The Morgan fingerprint density at radius 1 is 0.800 bits per heavy atom. The number of amides is 1. The van der Waals surface area contributed by atoms with E-state index in [1.54, 1.807) is 18.2 Å². The molecule has 0 spiro atoms. The molecule has 1 N–H and O–H groups in total. The van der Waals surface area contributed by atoms with E-state index < -0.39 is 10.8 Å². The Labute approximate surface area is 174 Å². The van der Waals surface area contributed by atoms with Gasteiger partial charge in [-0.3, -0.25) is 14.9 Å². The maximum atomic E-state index is 12.5. The van der Waals surface area contributed by atoms with Crippen molar-refractivity contribution >= 4 is 29.5 Å². The van der Waals surface area contributed by atoms with E-state index in [9.17, 15) is 14.9 Å². The molecule has 0 heterocycles. The predicted molar refractivity (Wildman–Crippen MR) is 119 cm³/mol. The number of allylic oxidation sites excluding steroid dienone is 2. The number of carbonyl (C=O) groups is 1. The summed E-state index contributed by atoms with van der Waals surface area (Å²) in [6.45, 7) is 0. The number of carbonyl (C=O) groups excluding carboxylic acids is 1. The summed E-state index contributed by atoms with van der Waals surface area (Å²) in [7, 11) is 0. The Bertz CT molecular complexity index is 1050. The normalized spacial score (nSPS) is 10.8. The monoisotopic (exact) mass is 397 g/mol. The molecule has 0 unspecified atom stereocenters. The Kier molecular flexibility index (Phi) is 7.00. The summed E-state index contributed by atoms with van der Waals surface area (Å²) in [6, 6.07) is 25.1. The number of nitrogens with zero attached hydrogens (tertiary/aromatic N) is 2. The smallest absolute Gasteiger partial charge is 0.267 e. The molecule has 0 aliphatic carbocycles. The second kappa shape index (κ2) is 10.3. The van der Waals surface area contributed by atoms with Crippen molar-refractivity contribution in [3.63, 3.8) is 0 Å². The Morgan fingerprint density at radius 2 is 1.30 bits per heavy atom. The summed E-state index contributed by atoms with van der Waals surface area (Å²) in [6.07, 6.45) is 7.25. The van der Waals surface area contributed by atoms with E-state index in [0.717, 1.165) is 11.1 Å². The average Bonchev–Trinajstić information content (AvgIpc) is 2.79. The van der Waals surface area contributed by atoms with Crippen LogP contribution in [0.15, 0.2) is 102 Å². The molecule has 0 bridgehead atoms. The van der Waals surface area contributed by atoms with E-state index in [2.05, 4.69) is 10.5 Å². The van der Waals surface area contributed by atoms with Crippen molar-refractivity contribution in [3.8, 4) is 0 Å². The fourth-order valence-electron chi connectivity index (χ4n) is 2.62. The van der Waals surface area contributed by atoms with E-state index >= 15 is 0 Å². The minimum Gasteiger partial charge on any atom is -0.267 e. The van der Waals surface area contributed by atoms with Gasteiger partial charge in [0.1, 0.15) is 5.56 Å². The number of nitro benzene ring substituents is 1. The lowest BCUT2D eigenvalue weighted by Crippen LogP contribution is -2.20. The standard InChI is InChI=1S/C24H19N3O3/c28-24(22-13-7-8-14-23(22)27(29)30)26-25-21(17-15-19-9-3-1-4-10-19)18-16-20-11-5-2-6-12-20/h1-18H,(H,26,28)/b17-15-,18-16-. The zero-order valence-corrected chi connectivity index (χ0v) is 16.0. The highest BCUT2D eigenvalue weighted by atomic mass is 16.6. The third-order valence-corrected chi connectivity index (χ3v) is 4.12. The summed E-state index contributed by atoms with van der Waals surface area (Å²) < 4.78 is 0. The van der Waals surface area contributed by atoms with Crippen LogP contribution >= 0.6 is 0 Å². The van der Waals surface area contributed by atoms with Crippen LogP contribution in [0.2, 0.25) is 0 Å². The molecule has 0 radical (unpaired) electrons. The van der Waals surface area contributed by atoms with Crippen molar-refractivity contribution in [2.75, 3.05) is 0 Å². The van der Waals surface area contributed by atoms with Crippen LogP contribution in [0.5, 0.6) is 0 Å². The van der Waals surface area contributed by atoms with Crippen molar-refractivity contribution in [2.45, 2.75) is 0 Å². The molecule has 3 aromatic carbocycles. The third kappa shape index (κ3) is 5.84. The number of para-hydroxylation sites is 1. The van der Waals surface area contributed by atoms with Gasteiger partial charge < -0.3 is 0 Å². The van der Waals surface area contributed by atoms with Gasteiger partial charge in [-0.2, -0.15) is 5.10 Å². The first-order valence-corrected chi connectivity index (χ1v) is 9.21. The van der Waals surface area contributed by atoms with Crippen LogP contribution in [0.1, 0.15) is 21.5 Å². The third-order valence-electron chi connectivity index (χ3n) is 4.12. The van der Waals surface area contributed by atoms with Crippen molar-refractivity contribution in [1.82, 2.24) is 5.43 Å². The van der Waals surface area contributed by atoms with Crippen molar-refractivity contribution in [3.05, 3.63) is 124 Å². The number of hydrazone groups is 1. The second-order valence-corrected chi connectivity index (χ2v) is 6.24. The van der Waals surface area contributed by atoms with Crippen molar-refractivity contribution in [2.24, 2.45) is 5.10 Å². The molecular weight excluding hydrogens is 378 g/mol. The van der Waals surface area contributed by atoms with Gasteiger partial charge in [-0.05, 0) is 29.3 Å². The molecule has 148 valence electrons. The molecule has 0 saturated carbocycles. The number of rotatable bonds is 7. The molecule has 0 aliphatic rings. The molecule has 3 rings (SSSR count). The molecule has 6 nitrogen and oxygen atoms in total. The predicted octanol–water partition coefficient (Wildman–Crippen LogP) is 5.11. The number of hydrogen-bond acceptors (Lipinski definition) is 4. The minimum atomic E-state index is -0.652. The van der Waals surface area contributed by atoms with Gasteiger partial charge in [0.25, 0.3) is 11.6 Å². The van der Waals surface area contributed by atoms with E-state index in [1.807, 2.05) is 72.8 Å². The molecule has 0 aliphatic heterocycles. The average molecular weight is 397 g/mol. The van der Waals surface area contributed by atoms with Crippen molar-refractivity contribution in [1.29, 1.82) is 0 Å². The van der Waals surface area contributed by atoms with Gasteiger partial charge >= 0.3 is 0 Å². The lowest BCUT2D eigenvalue weighted by Gasteiger charge is -2.02. The van der Waals surface area contributed by atoms with Crippen LogP contribution < -0.4 is 5.43 Å². The highest BCUT2D eigenvalue weighted by molar-refractivity contribution is 6.09. The number of hydrogen-bond donors (Lipinski definition) is 1. The number of nitro groups is 1. The molecule has 30 heavy (non-hydrogen) atoms. The lowest BCUT2D eigenvalue weighted by atomic mass is 10.1. The maximum absolute atomic E-state index is 12.5. The quantitative estimate of drug-likeness (QED) is 0.342. The Morgan fingerprint density at radius 3 is 1.83 bits per heavy atom. The van der Waals surface area contributed by atoms with E-state index in [-0.39, 0.29) is 11.3 Å². The van der Waals surface area contributed by atoms with E-state index in [4.69, 9.17) is 0 Å². The zero-order valence-electron chi connectivity index (χ0n) is 16.0. The first-order valence-electron chi connectivity index (χ1n) is 9.21. The number of nitrogens with one attached hydrogen (secondary N) is 1. The second-order valence-electron chi connectivity index (χ2n) is 6.24. The fourth-order valence-corrected chi connectivity index (χ4v) is 2.62. The molecule has 0 fully saturated rings. The van der Waals surface area contributed by atoms with Gasteiger partial charge in [0.05, 0.1) is 10.6 Å². The topological polar surface area (TPSA) is 84.6 Å². The molecule has 6 heteroatoms. The molecule has 0 atom stereocenters. The number of benzene rings is 3. The van der Waals surface area contributed by atoms with Crippen LogP contribution in [-0.4, -0.2) is 16.5 Å². The van der Waals surface area contributed by atoms with Gasteiger partial charge in [0.15, 0.2) is 0 Å². The fraction of sp³-hybridized carbons (Fsp3) is 0. The largest absolute Gasteiger partial charge is 0.282 e. The van der Waals surface area contributed by atoms with Crippen LogP contribution in [-0.2, 0) is 0 Å². The zero-order chi connectivity index (χ0) is 21.2. The lowest BCUT2D eigenvalue weighted by molar-refractivity contribution is -0.385. The Balaban J connectivity index is 1.84. The molecular formula is C24H19N3O3. The van der Waals surface area contributed by atoms with Crippen LogP contribution in [0.3, 0.4) is 0 Å². The highest BCUT2D eigenvalue weighted by Crippen LogP contribution is 2.17. The van der Waals surface area contributed by atoms with Crippen LogP contribution in [0, 0.1) is 10.1 Å². The molecule has 3 aromatic rings. The van der Waals surface area contributed by atoms with E-state index in [1.165, 1.54) is 18.2 Å². The van der Waals surface area contributed by atoms with Crippen LogP contribution in [0.4, 0.5) is 5.69 Å². The van der Waals surface area contributed by atoms with Gasteiger partial charge in [-0.1, -0.05) is 84.9 Å². The summed E-state index contributed by atoms with van der Waals surface area (Å²) in [4.78, 5) is 23.0. The minimum absolute atomic E-state index is 0.0512. The highest BCUT2D eigenvalue weighted by Gasteiger charge is 2.18. The summed E-state index contributed by atoms with van der Waals surface area (Å²) >= 11 is 0. The van der Waals surface area contributed by atoms with E-state index in [0.29, 0.717) is 5.71 Å². The molecule has 0 aromatic heterocycles. The SMILES string of the molecule is O=C(NN=C(/C=C\c1ccccc1)/C=C\c1ccccc1)c1ccccc1[N+](=O)[O-]. The first kappa shape index (κ1) is 20.4. The Hall–Kier alpha value is -4.32. The van der Waals surface area contributed by atoms with Gasteiger partial charge in [0, 0.05) is 6.07 Å². The van der Waals surface area contributed by atoms with Crippen LogP contribution in [0.25, 0.3) is 12.2 Å². The molecule has 1 amide bonds. The summed E-state index contributed by atoms with van der Waals surface area (Å²) in [5.74, 6) is -0.652. The maximum Gasteiger partial charge on any atom is 0.282 e. The first-order chi connectivity index (χ1) is 14.6. The summed E-state index contributed by atoms with van der Waals surface area (Å²) in [5.41, 5.74) is 4.52. The van der Waals surface area contributed by atoms with Gasteiger partial charge in [-0.15, -0.1) is 0 Å². The van der Waals surface area contributed by atoms with Crippen molar-refractivity contribution < 1.29 is 9.72 Å². The van der Waals surface area contributed by atoms with Gasteiger partial charge in [0.2, 0.25) is 0 Å². The summed E-state index contributed by atoms with van der Waals surface area (Å²) in [5, 5.41) is 15.3.